The summed E-state index contributed by atoms with van der Waals surface area (Å²) in [4.78, 5) is 23.4. The van der Waals surface area contributed by atoms with Gasteiger partial charge < -0.3 is 19.1 Å². The molecule has 0 radical (unpaired) electrons. The highest BCUT2D eigenvalue weighted by molar-refractivity contribution is 6.76. The summed E-state index contributed by atoms with van der Waals surface area (Å²) in [6.07, 6.45) is -5.08. The fourth-order valence-electron chi connectivity index (χ4n) is 5.65. The summed E-state index contributed by atoms with van der Waals surface area (Å²) >= 11 is 12.6. The van der Waals surface area contributed by atoms with Gasteiger partial charge in [-0.2, -0.15) is 13.2 Å². The Bertz CT molecular complexity index is 2130. The molecule has 0 amide bonds. The van der Waals surface area contributed by atoms with E-state index in [1.54, 1.807) is 53.4 Å². The molecule has 5 aromatic rings. The topological polar surface area (TPSA) is 78.7 Å². The normalized spacial score (nSPS) is 12.0. The summed E-state index contributed by atoms with van der Waals surface area (Å²) < 4.78 is 94.1. The van der Waals surface area contributed by atoms with Crippen LogP contribution in [0.2, 0.25) is 36.0 Å². The van der Waals surface area contributed by atoms with E-state index in [0.29, 0.717) is 11.5 Å². The minimum Gasteiger partial charge on any atom is -0.497 e. The number of hydrogen-bond acceptors (Lipinski definition) is 7. The number of nitrogens with zero attached hydrogens (tertiary/aromatic N) is 4. The molecular weight excluding hydrogens is 758 g/mol. The lowest BCUT2D eigenvalue weighted by atomic mass is 9.98. The molecule has 2 aromatic heterocycles. The number of halogens is 7. The predicted octanol–water partition coefficient (Wildman–Crippen LogP) is 9.91. The minimum absolute atomic E-state index is 0.00461. The zero-order chi connectivity index (χ0) is 38.8. The third-order valence-electron chi connectivity index (χ3n) is 8.51. The first-order chi connectivity index (χ1) is 24.9. The summed E-state index contributed by atoms with van der Waals surface area (Å²) in [6.45, 7) is 7.73. The highest BCUT2D eigenvalue weighted by Crippen LogP contribution is 2.45. The molecule has 0 aliphatic heterocycles. The number of pyridine rings is 1. The number of aromatic nitrogens is 3. The first-order valence-electron chi connectivity index (χ1n) is 16.4. The van der Waals surface area contributed by atoms with Gasteiger partial charge in [0.25, 0.3) is 5.56 Å². The van der Waals surface area contributed by atoms with Crippen LogP contribution in [0.3, 0.4) is 0 Å². The molecule has 0 aliphatic carbocycles. The second kappa shape index (κ2) is 16.0. The molecule has 0 N–H and O–H groups in total. The van der Waals surface area contributed by atoms with Crippen LogP contribution in [-0.4, -0.2) is 43.4 Å². The van der Waals surface area contributed by atoms with Gasteiger partial charge in [-0.05, 0) is 71.6 Å². The minimum atomic E-state index is -5.08. The van der Waals surface area contributed by atoms with Crippen molar-refractivity contribution in [2.24, 2.45) is 0 Å². The van der Waals surface area contributed by atoms with Crippen LogP contribution >= 0.6 is 23.2 Å². The highest BCUT2D eigenvalue weighted by Gasteiger charge is 2.40. The van der Waals surface area contributed by atoms with Gasteiger partial charge in [0.2, 0.25) is 5.28 Å². The average molecular weight is 796 g/mol. The summed E-state index contributed by atoms with van der Waals surface area (Å²) in [5, 5.41) is -2.52. The van der Waals surface area contributed by atoms with Crippen LogP contribution in [0, 0.1) is 18.6 Å². The molecule has 0 bridgehead atoms. The van der Waals surface area contributed by atoms with E-state index in [1.807, 2.05) is 0 Å². The van der Waals surface area contributed by atoms with Crippen LogP contribution < -0.4 is 19.9 Å². The van der Waals surface area contributed by atoms with Crippen LogP contribution in [0.5, 0.6) is 11.5 Å². The monoisotopic (exact) mass is 794 g/mol. The SMILES string of the molecule is COc1ccc(CN(Cc2ccc(OC)cc2)c2cc(C)c(C(F)(F)F)c(-c3c(Cl)c(F)c4c(=O)n(COCC[Si](C)(C)C)c(Cl)nc4c3F)n2)cc1. The second-order valence-corrected chi connectivity index (χ2v) is 19.9. The maximum Gasteiger partial charge on any atom is 0.418 e. The van der Waals surface area contributed by atoms with Crippen molar-refractivity contribution in [3.8, 4) is 22.8 Å². The van der Waals surface area contributed by atoms with Gasteiger partial charge in [0, 0.05) is 27.8 Å². The molecule has 2 heterocycles. The molecule has 0 saturated carbocycles. The molecule has 282 valence electrons. The smallest absolute Gasteiger partial charge is 0.418 e. The molecule has 0 saturated heterocycles. The van der Waals surface area contributed by atoms with Crippen molar-refractivity contribution < 1.29 is 36.2 Å². The van der Waals surface area contributed by atoms with Gasteiger partial charge in [0.05, 0.1) is 36.1 Å². The number of fused-ring (bicyclic) bond motifs is 1. The Morgan fingerprint density at radius 3 is 1.91 bits per heavy atom. The van der Waals surface area contributed by atoms with Gasteiger partial charge in [-0.3, -0.25) is 9.36 Å². The lowest BCUT2D eigenvalue weighted by molar-refractivity contribution is -0.137. The Balaban J connectivity index is 1.69. The fraction of sp³-hybridized carbons (Fsp3) is 0.324. The second-order valence-electron chi connectivity index (χ2n) is 13.6. The molecule has 8 nitrogen and oxygen atoms in total. The average Bonchev–Trinajstić information content (AvgIpc) is 3.09. The van der Waals surface area contributed by atoms with Crippen molar-refractivity contribution in [3.63, 3.8) is 0 Å². The van der Waals surface area contributed by atoms with Gasteiger partial charge in [0.15, 0.2) is 11.6 Å². The van der Waals surface area contributed by atoms with Crippen molar-refractivity contribution >= 4 is 48.0 Å². The third kappa shape index (κ3) is 8.94. The van der Waals surface area contributed by atoms with Crippen molar-refractivity contribution in [2.45, 2.75) is 58.6 Å². The number of alkyl halides is 3. The lowest BCUT2D eigenvalue weighted by Gasteiger charge is -2.27. The first kappa shape index (κ1) is 40.0. The molecule has 0 spiro atoms. The number of anilines is 1. The van der Waals surface area contributed by atoms with Crippen LogP contribution in [0.15, 0.2) is 59.4 Å². The molecule has 0 fully saturated rings. The largest absolute Gasteiger partial charge is 0.497 e. The predicted molar refractivity (Wildman–Crippen MR) is 199 cm³/mol. The van der Waals surface area contributed by atoms with Gasteiger partial charge in [-0.15, -0.1) is 0 Å². The summed E-state index contributed by atoms with van der Waals surface area (Å²) in [7, 11) is 1.54. The summed E-state index contributed by atoms with van der Waals surface area (Å²) in [5.41, 5.74) is -4.19. The van der Waals surface area contributed by atoms with E-state index in [2.05, 4.69) is 29.6 Å². The molecule has 53 heavy (non-hydrogen) atoms. The van der Waals surface area contributed by atoms with Crippen molar-refractivity contribution in [1.29, 1.82) is 0 Å². The third-order valence-corrected chi connectivity index (χ3v) is 10.9. The zero-order valence-electron chi connectivity index (χ0n) is 29.8. The Morgan fingerprint density at radius 1 is 0.868 bits per heavy atom. The Labute approximate surface area is 314 Å². The Morgan fingerprint density at radius 2 is 1.42 bits per heavy atom. The van der Waals surface area contributed by atoms with Crippen LogP contribution in [0.1, 0.15) is 22.3 Å². The van der Waals surface area contributed by atoms with E-state index in [-0.39, 0.29) is 31.1 Å². The lowest BCUT2D eigenvalue weighted by Crippen LogP contribution is -2.27. The van der Waals surface area contributed by atoms with Crippen LogP contribution in [0.4, 0.5) is 27.8 Å². The molecular formula is C37H37Cl2F5N4O4Si. The summed E-state index contributed by atoms with van der Waals surface area (Å²) in [6, 6.07) is 16.0. The molecule has 5 rings (SSSR count). The molecule has 0 atom stereocenters. The van der Waals surface area contributed by atoms with E-state index >= 15 is 8.78 Å². The van der Waals surface area contributed by atoms with E-state index in [9.17, 15) is 18.0 Å². The number of ether oxygens (including phenoxy) is 3. The number of rotatable bonds is 13. The van der Waals surface area contributed by atoms with Crippen LogP contribution in [0.25, 0.3) is 22.2 Å². The maximum atomic E-state index is 16.6. The van der Waals surface area contributed by atoms with Crippen molar-refractivity contribution in [2.75, 3.05) is 25.7 Å². The first-order valence-corrected chi connectivity index (χ1v) is 20.8. The molecule has 3 aromatic carbocycles. The highest BCUT2D eigenvalue weighted by atomic mass is 35.5. The number of hydrogen-bond donors (Lipinski definition) is 0. The van der Waals surface area contributed by atoms with E-state index in [0.717, 1.165) is 21.7 Å². The molecule has 0 aliphatic rings. The van der Waals surface area contributed by atoms with Crippen molar-refractivity contribution in [1.82, 2.24) is 14.5 Å². The van der Waals surface area contributed by atoms with Gasteiger partial charge in [-0.25, -0.2) is 18.7 Å². The number of aryl methyl sites for hydroxylation is 1. The van der Waals surface area contributed by atoms with Gasteiger partial charge in [-0.1, -0.05) is 55.5 Å². The van der Waals surface area contributed by atoms with Crippen LogP contribution in [-0.2, 0) is 30.7 Å². The maximum absolute atomic E-state index is 16.6. The number of benzene rings is 3. The Kier molecular flexibility index (Phi) is 12.1. The Hall–Kier alpha value is -4.24. The van der Waals surface area contributed by atoms with E-state index < -0.39 is 76.2 Å². The molecule has 0 unspecified atom stereocenters. The van der Waals surface area contributed by atoms with E-state index in [1.165, 1.54) is 27.2 Å². The molecule has 16 heteroatoms. The number of methoxy groups -OCH3 is 2. The fourth-order valence-corrected chi connectivity index (χ4v) is 6.88. The summed E-state index contributed by atoms with van der Waals surface area (Å²) in [5.74, 6) is -1.78. The zero-order valence-corrected chi connectivity index (χ0v) is 32.3. The van der Waals surface area contributed by atoms with E-state index in [4.69, 9.17) is 37.4 Å². The standard InChI is InChI=1S/C37H37Cl2F5N4O4Si/c1-21-17-26(47(18-22-7-11-24(50-2)12-8-22)19-23-9-13-25(51-3)14-10-23)45-33(29(21)37(42,43)44)27-30(38)31(40)28-34(32(27)41)46-36(39)48(35(28)49)20-52-15-16-53(4,5)6/h7-14,17H,15-16,18-20H2,1-6H3. The van der Waals surface area contributed by atoms with Crippen molar-refractivity contribution in [3.05, 3.63) is 109 Å². The quantitative estimate of drug-likeness (QED) is 0.0386. The van der Waals surface area contributed by atoms with Gasteiger partial charge >= 0.3 is 6.18 Å². The van der Waals surface area contributed by atoms with Gasteiger partial charge in [0.1, 0.15) is 35.0 Å².